The van der Waals surface area contributed by atoms with Crippen LogP contribution >= 0.6 is 12.6 Å². The zero-order valence-electron chi connectivity index (χ0n) is 8.95. The van der Waals surface area contributed by atoms with Crippen molar-refractivity contribution in [3.63, 3.8) is 0 Å². The molecule has 0 aliphatic heterocycles. The molecule has 2 nitrogen and oxygen atoms in total. The van der Waals surface area contributed by atoms with E-state index in [-0.39, 0.29) is 11.7 Å². The highest BCUT2D eigenvalue weighted by atomic mass is 32.1. The quantitative estimate of drug-likeness (QED) is 0.485. The van der Waals surface area contributed by atoms with Crippen LogP contribution in [0.4, 0.5) is 0 Å². The van der Waals surface area contributed by atoms with Crippen molar-refractivity contribution < 1.29 is 9.47 Å². The summed E-state index contributed by atoms with van der Waals surface area (Å²) in [6.45, 7) is 7.05. The van der Waals surface area contributed by atoms with E-state index in [4.69, 9.17) is 9.47 Å². The summed E-state index contributed by atoms with van der Waals surface area (Å²) >= 11 is 4.32. The predicted octanol–water partition coefficient (Wildman–Crippen LogP) is 3.22. The number of thiol groups is 1. The highest BCUT2D eigenvalue weighted by molar-refractivity contribution is 7.80. The number of ether oxygens (including phenoxy) is 2. The molecule has 0 amide bonds. The molecule has 0 spiro atoms. The standard InChI is InChI=1S/C10H22O2S/c1-4-7-10(13)12-9(6-3)11-8-5-2/h9-10,13H,4-8H2,1-3H3. The highest BCUT2D eigenvalue weighted by Crippen LogP contribution is 2.12. The lowest BCUT2D eigenvalue weighted by Gasteiger charge is -2.20. The third kappa shape index (κ3) is 7.35. The minimum absolute atomic E-state index is 0.0202. The smallest absolute Gasteiger partial charge is 0.158 e. The van der Waals surface area contributed by atoms with Gasteiger partial charge in [0.1, 0.15) is 5.44 Å². The van der Waals surface area contributed by atoms with Gasteiger partial charge in [-0.05, 0) is 19.3 Å². The van der Waals surface area contributed by atoms with Gasteiger partial charge in [-0.15, -0.1) is 12.6 Å². The molecule has 0 rings (SSSR count). The first-order valence-corrected chi connectivity index (χ1v) is 5.71. The second-order valence-electron chi connectivity index (χ2n) is 3.09. The maximum absolute atomic E-state index is 5.58. The van der Waals surface area contributed by atoms with Gasteiger partial charge in [-0.3, -0.25) is 0 Å². The van der Waals surface area contributed by atoms with Gasteiger partial charge in [0, 0.05) is 6.61 Å². The Kier molecular flexibility index (Phi) is 9.03. The van der Waals surface area contributed by atoms with Crippen molar-refractivity contribution in [2.75, 3.05) is 6.61 Å². The fraction of sp³-hybridized carbons (Fsp3) is 1.00. The third-order valence-electron chi connectivity index (χ3n) is 1.69. The molecule has 0 aromatic heterocycles. The Hall–Kier alpha value is 0.270. The summed E-state index contributed by atoms with van der Waals surface area (Å²) in [5, 5.41) is 0. The second kappa shape index (κ2) is 8.85. The van der Waals surface area contributed by atoms with Crippen molar-refractivity contribution in [2.24, 2.45) is 0 Å². The van der Waals surface area contributed by atoms with Crippen LogP contribution in [0.3, 0.4) is 0 Å². The lowest BCUT2D eigenvalue weighted by atomic mass is 10.3. The molecule has 80 valence electrons. The summed E-state index contributed by atoms with van der Waals surface area (Å²) in [4.78, 5) is 0. The SMILES string of the molecule is CCCOC(CC)OC(S)CCC. The predicted molar refractivity (Wildman–Crippen MR) is 59.1 cm³/mol. The Bertz CT molecular complexity index is 109. The summed E-state index contributed by atoms with van der Waals surface area (Å²) < 4.78 is 11.1. The molecule has 0 radical (unpaired) electrons. The molecular formula is C10H22O2S. The summed E-state index contributed by atoms with van der Waals surface area (Å²) in [5.74, 6) is 0. The molecule has 3 heteroatoms. The zero-order chi connectivity index (χ0) is 10.1. The molecule has 0 saturated heterocycles. The first-order valence-electron chi connectivity index (χ1n) is 5.19. The monoisotopic (exact) mass is 206 g/mol. The number of rotatable bonds is 8. The molecular weight excluding hydrogens is 184 g/mol. The van der Waals surface area contributed by atoms with Crippen LogP contribution in [-0.2, 0) is 9.47 Å². The van der Waals surface area contributed by atoms with E-state index < -0.39 is 0 Å². The third-order valence-corrected chi connectivity index (χ3v) is 2.07. The van der Waals surface area contributed by atoms with E-state index >= 15 is 0 Å². The lowest BCUT2D eigenvalue weighted by Crippen LogP contribution is -2.21. The number of hydrogen-bond donors (Lipinski definition) is 1. The Morgan fingerprint density at radius 1 is 1.15 bits per heavy atom. The molecule has 0 heterocycles. The first kappa shape index (κ1) is 13.3. The summed E-state index contributed by atoms with van der Waals surface area (Å²) in [6.07, 6.45) is 3.92. The van der Waals surface area contributed by atoms with Gasteiger partial charge >= 0.3 is 0 Å². The molecule has 0 aliphatic rings. The van der Waals surface area contributed by atoms with E-state index in [0.717, 1.165) is 32.3 Å². The van der Waals surface area contributed by atoms with Gasteiger partial charge in [0.05, 0.1) is 0 Å². The fourth-order valence-corrected chi connectivity index (χ4v) is 1.39. The van der Waals surface area contributed by atoms with Gasteiger partial charge in [0.2, 0.25) is 0 Å². The zero-order valence-corrected chi connectivity index (χ0v) is 9.85. The largest absolute Gasteiger partial charge is 0.353 e. The molecule has 0 fully saturated rings. The minimum atomic E-state index is -0.0750. The maximum Gasteiger partial charge on any atom is 0.158 e. The van der Waals surface area contributed by atoms with Crippen LogP contribution in [0.1, 0.15) is 46.5 Å². The van der Waals surface area contributed by atoms with Crippen molar-refractivity contribution in [3.05, 3.63) is 0 Å². The topological polar surface area (TPSA) is 18.5 Å². The molecule has 0 aromatic carbocycles. The van der Waals surface area contributed by atoms with E-state index in [2.05, 4.69) is 33.4 Å². The molecule has 0 saturated carbocycles. The Morgan fingerprint density at radius 3 is 2.31 bits per heavy atom. The van der Waals surface area contributed by atoms with Crippen LogP contribution < -0.4 is 0 Å². The van der Waals surface area contributed by atoms with Crippen molar-refractivity contribution >= 4 is 12.6 Å². The second-order valence-corrected chi connectivity index (χ2v) is 3.66. The van der Waals surface area contributed by atoms with Gasteiger partial charge in [-0.25, -0.2) is 0 Å². The highest BCUT2D eigenvalue weighted by Gasteiger charge is 2.10. The van der Waals surface area contributed by atoms with Crippen LogP contribution in [0.25, 0.3) is 0 Å². The normalized spacial score (nSPS) is 15.7. The summed E-state index contributed by atoms with van der Waals surface area (Å²) in [6, 6.07) is 0. The average molecular weight is 206 g/mol. The van der Waals surface area contributed by atoms with E-state index in [1.54, 1.807) is 0 Å². The van der Waals surface area contributed by atoms with Crippen LogP contribution in [0.15, 0.2) is 0 Å². The summed E-state index contributed by atoms with van der Waals surface area (Å²) in [5.41, 5.74) is 0.0202. The minimum Gasteiger partial charge on any atom is -0.353 e. The van der Waals surface area contributed by atoms with Crippen molar-refractivity contribution in [1.29, 1.82) is 0 Å². The Labute approximate surface area is 87.4 Å². The van der Waals surface area contributed by atoms with Gasteiger partial charge in [0.25, 0.3) is 0 Å². The first-order chi connectivity index (χ1) is 6.24. The number of hydrogen-bond acceptors (Lipinski definition) is 3. The summed E-state index contributed by atoms with van der Waals surface area (Å²) in [7, 11) is 0. The molecule has 0 aromatic rings. The van der Waals surface area contributed by atoms with Gasteiger partial charge in [-0.1, -0.05) is 27.2 Å². The molecule has 0 bridgehead atoms. The Morgan fingerprint density at radius 2 is 1.85 bits per heavy atom. The molecule has 2 unspecified atom stereocenters. The molecule has 13 heavy (non-hydrogen) atoms. The van der Waals surface area contributed by atoms with E-state index in [1.165, 1.54) is 0 Å². The lowest BCUT2D eigenvalue weighted by molar-refractivity contribution is -0.152. The van der Waals surface area contributed by atoms with Crippen LogP contribution in [0, 0.1) is 0 Å². The van der Waals surface area contributed by atoms with Gasteiger partial charge in [-0.2, -0.15) is 0 Å². The van der Waals surface area contributed by atoms with E-state index in [9.17, 15) is 0 Å². The Balaban J connectivity index is 3.56. The van der Waals surface area contributed by atoms with Crippen LogP contribution in [0.2, 0.25) is 0 Å². The van der Waals surface area contributed by atoms with Crippen LogP contribution in [-0.4, -0.2) is 18.3 Å². The molecule has 0 aliphatic carbocycles. The fourth-order valence-electron chi connectivity index (χ4n) is 0.993. The van der Waals surface area contributed by atoms with Gasteiger partial charge < -0.3 is 9.47 Å². The van der Waals surface area contributed by atoms with E-state index in [0.29, 0.717) is 0 Å². The average Bonchev–Trinajstić information content (AvgIpc) is 2.12. The van der Waals surface area contributed by atoms with Crippen molar-refractivity contribution in [1.82, 2.24) is 0 Å². The molecule has 2 atom stereocenters. The molecule has 0 N–H and O–H groups in total. The van der Waals surface area contributed by atoms with Gasteiger partial charge in [0.15, 0.2) is 6.29 Å². The van der Waals surface area contributed by atoms with E-state index in [1.807, 2.05) is 0 Å². The van der Waals surface area contributed by atoms with Crippen molar-refractivity contribution in [2.45, 2.75) is 58.2 Å². The van der Waals surface area contributed by atoms with Crippen molar-refractivity contribution in [3.8, 4) is 0 Å². The van der Waals surface area contributed by atoms with Crippen LogP contribution in [0.5, 0.6) is 0 Å². The maximum atomic E-state index is 5.58.